The molecule has 4 aromatic heterocycles. The highest BCUT2D eigenvalue weighted by Gasteiger charge is 2.18. The lowest BCUT2D eigenvalue weighted by atomic mass is 10.1. The number of aromatic nitrogens is 3. The Morgan fingerprint density at radius 3 is 2.33 bits per heavy atom. The van der Waals surface area contributed by atoms with Crippen LogP contribution in [0.2, 0.25) is 0 Å². The summed E-state index contributed by atoms with van der Waals surface area (Å²) in [7, 11) is 0. The van der Waals surface area contributed by atoms with Gasteiger partial charge in [0.1, 0.15) is 0 Å². The molecule has 9 rings (SSSR count). The van der Waals surface area contributed by atoms with E-state index in [1.165, 1.54) is 0 Å². The molecule has 0 aliphatic carbocycles. The van der Waals surface area contributed by atoms with E-state index in [2.05, 4.69) is 20.9 Å². The number of hydrogen-bond donors (Lipinski definition) is 1. The molecular formula is C34H20BrN3S. The van der Waals surface area contributed by atoms with E-state index >= 15 is 0 Å². The lowest BCUT2D eigenvalue weighted by molar-refractivity contribution is 1.17. The molecule has 0 fully saturated rings. The third kappa shape index (κ3) is 2.97. The van der Waals surface area contributed by atoms with Gasteiger partial charge in [0.2, 0.25) is 0 Å². The minimum atomic E-state index is -0.686. The Balaban J connectivity index is 1.53. The molecule has 1 N–H and O–H groups in total. The Labute approximate surface area is 252 Å². The molecule has 0 radical (unpaired) electrons. The van der Waals surface area contributed by atoms with Crippen LogP contribution in [0.4, 0.5) is 0 Å². The number of H-pyrrole nitrogens is 1. The van der Waals surface area contributed by atoms with Crippen LogP contribution in [0.25, 0.3) is 76.1 Å². The third-order valence-electron chi connectivity index (χ3n) is 7.12. The first-order valence-corrected chi connectivity index (χ1v) is 13.7. The second-order valence-electron chi connectivity index (χ2n) is 9.18. The number of halogens is 1. The molecule has 39 heavy (non-hydrogen) atoms. The van der Waals surface area contributed by atoms with Crippen molar-refractivity contribution in [2.24, 2.45) is 0 Å². The maximum atomic E-state index is 9.76. The van der Waals surface area contributed by atoms with Crippen molar-refractivity contribution in [2.45, 2.75) is 0 Å². The van der Waals surface area contributed by atoms with Gasteiger partial charge in [0, 0.05) is 48.3 Å². The number of fused-ring (bicyclic) bond motifs is 9. The van der Waals surface area contributed by atoms with Crippen LogP contribution in [0, 0.1) is 0 Å². The van der Waals surface area contributed by atoms with Crippen molar-refractivity contribution in [2.75, 3.05) is 0 Å². The van der Waals surface area contributed by atoms with Crippen LogP contribution in [-0.2, 0) is 0 Å². The maximum Gasteiger partial charge on any atom is 0.0652 e. The molecule has 9 aromatic rings. The Hall–Kier alpha value is -4.32. The molecule has 0 amide bonds. The van der Waals surface area contributed by atoms with Gasteiger partial charge in [0.25, 0.3) is 0 Å². The quantitative estimate of drug-likeness (QED) is 0.206. The molecule has 5 heteroatoms. The Morgan fingerprint density at radius 1 is 0.615 bits per heavy atom. The molecule has 4 heterocycles. The number of nitrogens with one attached hydrogen (secondary N) is 1. The molecule has 0 saturated heterocycles. The van der Waals surface area contributed by atoms with Crippen LogP contribution < -0.4 is 0 Å². The number of para-hydroxylation sites is 2. The predicted molar refractivity (Wildman–Crippen MR) is 170 cm³/mol. The van der Waals surface area contributed by atoms with Gasteiger partial charge >= 0.3 is 0 Å². The minimum absolute atomic E-state index is 0.0142. The number of hydrogen-bond acceptors (Lipinski definition) is 1. The van der Waals surface area contributed by atoms with E-state index in [-0.39, 0.29) is 33.5 Å². The molecule has 184 valence electrons. The first-order valence-electron chi connectivity index (χ1n) is 18.0. The molecular weight excluding hydrogens is 562 g/mol. The van der Waals surface area contributed by atoms with Crippen molar-refractivity contribution in [3.8, 4) is 11.4 Å². The van der Waals surface area contributed by atoms with Crippen molar-refractivity contribution in [1.82, 2.24) is 14.1 Å². The second kappa shape index (κ2) is 7.85. The highest BCUT2D eigenvalue weighted by molar-refractivity contribution is 9.10. The fraction of sp³-hybridized carbons (Fsp3) is 0. The summed E-state index contributed by atoms with van der Waals surface area (Å²) in [5, 5.41) is 4.23. The fourth-order valence-corrected chi connectivity index (χ4v) is 6.77. The molecule has 0 aliphatic rings. The summed E-state index contributed by atoms with van der Waals surface area (Å²) >= 11 is 5.14. The van der Waals surface area contributed by atoms with Gasteiger partial charge in [-0.2, -0.15) is 0 Å². The highest BCUT2D eigenvalue weighted by atomic mass is 79.9. The number of rotatable bonds is 2. The molecule has 0 spiro atoms. The minimum Gasteiger partial charge on any atom is -0.354 e. The van der Waals surface area contributed by atoms with E-state index in [0.717, 1.165) is 40.9 Å². The van der Waals surface area contributed by atoms with E-state index in [1.807, 2.05) is 41.8 Å². The molecule has 5 aromatic carbocycles. The van der Waals surface area contributed by atoms with Crippen LogP contribution >= 0.6 is 27.3 Å². The average Bonchev–Trinajstić information content (AvgIpc) is 3.86. The standard InChI is InChI=1S/C34H20BrN3S/c35-20-10-12-31-24(16-20)26-18-29-27(34-28(36-29)14-15-39-34)19-33(26)38(31)22-11-13-32-25(17-22)23-8-4-5-9-30(23)37(32)21-6-2-1-3-7-21/h1-19,36H/i1D,2D,3D,4D,5D,6D,7D,8D,9D,11D,13D,17D. The normalized spacial score (nSPS) is 16.5. The predicted octanol–water partition coefficient (Wildman–Crippen LogP) is 10.3. The average molecular weight is 595 g/mol. The van der Waals surface area contributed by atoms with Crippen LogP contribution in [-0.4, -0.2) is 14.1 Å². The first kappa shape index (κ1) is 13.2. The van der Waals surface area contributed by atoms with Crippen LogP contribution in [0.15, 0.2) is 119 Å². The summed E-state index contributed by atoms with van der Waals surface area (Å²) in [6.07, 6.45) is 0. The Bertz CT molecular complexity index is 3050. The lowest BCUT2D eigenvalue weighted by Crippen LogP contribution is -1.95. The van der Waals surface area contributed by atoms with Gasteiger partial charge < -0.3 is 14.1 Å². The van der Waals surface area contributed by atoms with Crippen LogP contribution in [0.5, 0.6) is 0 Å². The highest BCUT2D eigenvalue weighted by Crippen LogP contribution is 2.40. The number of benzene rings is 5. The van der Waals surface area contributed by atoms with Crippen molar-refractivity contribution in [1.29, 1.82) is 0 Å². The van der Waals surface area contributed by atoms with Crippen molar-refractivity contribution in [3.63, 3.8) is 0 Å². The van der Waals surface area contributed by atoms with Gasteiger partial charge in [-0.3, -0.25) is 0 Å². The molecule has 0 atom stereocenters. The van der Waals surface area contributed by atoms with E-state index < -0.39 is 72.2 Å². The van der Waals surface area contributed by atoms with Gasteiger partial charge in [-0.05, 0) is 78.0 Å². The van der Waals surface area contributed by atoms with Gasteiger partial charge in [-0.1, -0.05) is 52.2 Å². The Morgan fingerprint density at radius 2 is 1.41 bits per heavy atom. The lowest BCUT2D eigenvalue weighted by Gasteiger charge is -2.10. The molecule has 3 nitrogen and oxygen atoms in total. The van der Waals surface area contributed by atoms with E-state index in [1.54, 1.807) is 15.9 Å². The van der Waals surface area contributed by atoms with Crippen LogP contribution in [0.1, 0.15) is 16.4 Å². The van der Waals surface area contributed by atoms with Crippen LogP contribution in [0.3, 0.4) is 0 Å². The van der Waals surface area contributed by atoms with Gasteiger partial charge in [-0.25, -0.2) is 0 Å². The largest absolute Gasteiger partial charge is 0.354 e. The summed E-state index contributed by atoms with van der Waals surface area (Å²) in [6, 6.07) is 4.59. The second-order valence-corrected chi connectivity index (χ2v) is 11.0. The molecule has 0 saturated carbocycles. The van der Waals surface area contributed by atoms with Crippen molar-refractivity contribution >= 4 is 92.0 Å². The number of thiophene rings is 1. The van der Waals surface area contributed by atoms with Gasteiger partial charge in [0.15, 0.2) is 0 Å². The molecule has 0 bridgehead atoms. The van der Waals surface area contributed by atoms with E-state index in [4.69, 9.17) is 12.3 Å². The molecule has 0 unspecified atom stereocenters. The zero-order valence-corrected chi connectivity index (χ0v) is 22.1. The summed E-state index contributed by atoms with van der Waals surface area (Å²) in [5.74, 6) is 0. The van der Waals surface area contributed by atoms with E-state index in [0.29, 0.717) is 11.0 Å². The zero-order valence-electron chi connectivity index (χ0n) is 31.7. The van der Waals surface area contributed by atoms with E-state index in [9.17, 15) is 4.11 Å². The SMILES string of the molecule is [2H]c1c([2H])c([2H])c(-n2c3c([2H])c([2H])c([2H])c([2H])c3c3c([2H])c(-n4c5ccc(Br)cc5c5cc6[nH]c7ccsc7c6cc54)c([2H])c([2H])c32)c([2H])c1[2H]. The monoisotopic (exact) mass is 593 g/mol. The topological polar surface area (TPSA) is 25.6 Å². The van der Waals surface area contributed by atoms with Crippen molar-refractivity contribution < 1.29 is 16.4 Å². The zero-order chi connectivity index (χ0) is 36.1. The summed E-state index contributed by atoms with van der Waals surface area (Å²) < 4.78 is 111. The van der Waals surface area contributed by atoms with Crippen molar-refractivity contribution in [3.05, 3.63) is 119 Å². The number of nitrogens with zero attached hydrogens (tertiary/aromatic N) is 2. The summed E-state index contributed by atoms with van der Waals surface area (Å²) in [6.45, 7) is 0. The van der Waals surface area contributed by atoms with Gasteiger partial charge in [0.05, 0.1) is 48.7 Å². The first-order chi connectivity index (χ1) is 24.2. The smallest absolute Gasteiger partial charge is 0.0652 e. The Kier molecular flexibility index (Phi) is 2.65. The molecule has 0 aliphatic heterocycles. The summed E-state index contributed by atoms with van der Waals surface area (Å²) in [5.41, 5.74) is 2.14. The van der Waals surface area contributed by atoms with Gasteiger partial charge in [-0.15, -0.1) is 11.3 Å². The fourth-order valence-electron chi connectivity index (χ4n) is 5.53. The number of aromatic amines is 1. The third-order valence-corrected chi connectivity index (χ3v) is 8.57. The maximum absolute atomic E-state index is 9.76. The summed E-state index contributed by atoms with van der Waals surface area (Å²) in [4.78, 5) is 3.46.